The van der Waals surface area contributed by atoms with Crippen LogP contribution >= 0.6 is 0 Å². The second kappa shape index (κ2) is 49.3. The van der Waals surface area contributed by atoms with Crippen molar-refractivity contribution in [3.8, 4) is 0 Å². The van der Waals surface area contributed by atoms with Crippen molar-refractivity contribution < 1.29 is 79.0 Å². The molecule has 0 heterocycles. The van der Waals surface area contributed by atoms with Gasteiger partial charge >= 0.3 is 17.1 Å². The van der Waals surface area contributed by atoms with Gasteiger partial charge in [0, 0.05) is 0 Å². The van der Waals surface area contributed by atoms with Gasteiger partial charge < -0.3 is 28.0 Å². The van der Waals surface area contributed by atoms with Crippen molar-refractivity contribution in [1.29, 1.82) is 0 Å². The zero-order chi connectivity index (χ0) is 8.12. The average Bonchev–Trinajstić information content (AvgIpc) is 1.70. The van der Waals surface area contributed by atoms with E-state index in [1.54, 1.807) is 0 Å². The molecule has 0 aromatic rings. The summed E-state index contributed by atoms with van der Waals surface area (Å²) in [4.78, 5) is 0. The third-order valence-electron chi connectivity index (χ3n) is 0. The maximum Gasteiger partial charge on any atom is 3.00 e. The van der Waals surface area contributed by atoms with Crippen molar-refractivity contribution in [2.45, 2.75) is 0 Å². The zero-order valence-corrected chi connectivity index (χ0v) is 7.31. The first-order valence-electron chi connectivity index (χ1n) is 0.926. The Balaban J connectivity index is -0.0000000257. The largest absolute Gasteiger partial charge is 3.00 e. The molecule has 0 aliphatic heterocycles. The van der Waals surface area contributed by atoms with Crippen molar-refractivity contribution in [3.63, 3.8) is 0 Å². The minimum absolute atomic E-state index is 0. The predicted octanol–water partition coefficient (Wildman–Crippen LogP) is -7.14. The van der Waals surface area contributed by atoms with Gasteiger partial charge in [0.2, 0.25) is 0 Å². The summed E-state index contributed by atoms with van der Waals surface area (Å²) in [5.41, 5.74) is 0. The quantitative estimate of drug-likeness (QED) is 0.395. The molecule has 0 aliphatic carbocycles. The molecule has 0 amide bonds. The second-order valence-electron chi connectivity index (χ2n) is 0.189. The maximum absolute atomic E-state index is 8.24. The minimum atomic E-state index is -0.417. The number of hydrogen-bond donors (Lipinski definition) is 0. The molecule has 0 bridgehead atoms. The molecule has 0 fully saturated rings. The van der Waals surface area contributed by atoms with Crippen molar-refractivity contribution in [1.82, 2.24) is 0 Å². The number of halogens is 3. The van der Waals surface area contributed by atoms with E-state index in [-0.39, 0.29) is 17.1 Å². The summed E-state index contributed by atoms with van der Waals surface area (Å²) in [6, 6.07) is 0. The van der Waals surface area contributed by atoms with E-state index < -0.39 is 34.0 Å². The Morgan fingerprint density at radius 1 is 0.500 bits per heavy atom. The van der Waals surface area contributed by atoms with Crippen LogP contribution in [0.25, 0.3) is 0 Å². The van der Waals surface area contributed by atoms with E-state index in [1.807, 2.05) is 0 Å². The topological polar surface area (TPSA) is 138 Å². The van der Waals surface area contributed by atoms with Gasteiger partial charge in [0.1, 0.15) is 0 Å². The fraction of sp³-hybridized carbons (Fsp3) is 0. The van der Waals surface area contributed by atoms with Gasteiger partial charge in [-0.25, -0.2) is 0 Å². The summed E-state index contributed by atoms with van der Waals surface area (Å²) in [7, 11) is 0. The molecule has 0 aliphatic rings. The molecule has 0 atom stereocenters. The van der Waals surface area contributed by atoms with Crippen molar-refractivity contribution in [3.05, 3.63) is 0 Å². The number of rotatable bonds is 0. The fourth-order valence-corrected chi connectivity index (χ4v) is 0. The molecule has 0 spiro atoms. The van der Waals surface area contributed by atoms with E-state index in [0.29, 0.717) is 0 Å². The molecule has 0 saturated carbocycles. The third kappa shape index (κ3) is 460. The zero-order valence-electron chi connectivity index (χ0n) is 3.94. The van der Waals surface area contributed by atoms with E-state index in [9.17, 15) is 0 Å². The standard InChI is InChI=1S/3ClO2.Fe/c3*2-1-3;/q3*-1;+3. The van der Waals surface area contributed by atoms with Gasteiger partial charge in [-0.15, -0.1) is 0 Å². The van der Waals surface area contributed by atoms with Gasteiger partial charge in [-0.3, -0.25) is 0 Å². The van der Waals surface area contributed by atoms with Crippen LogP contribution < -0.4 is 28.0 Å². The minimum Gasteiger partial charge on any atom is -0.544 e. The van der Waals surface area contributed by atoms with Crippen LogP contribution in [-0.4, -0.2) is 0 Å². The smallest absolute Gasteiger partial charge is 0.544 e. The Morgan fingerprint density at radius 2 is 0.500 bits per heavy atom. The Labute approximate surface area is 79.2 Å². The average molecular weight is 258 g/mol. The number of hydrogen-bond acceptors (Lipinski definition) is 6. The maximum atomic E-state index is 8.24. The van der Waals surface area contributed by atoms with Gasteiger partial charge in [0.25, 0.3) is 0 Å². The molecule has 0 aromatic carbocycles. The summed E-state index contributed by atoms with van der Waals surface area (Å²) < 4.78 is 49.4. The Bertz CT molecular complexity index is 17.7. The first kappa shape index (κ1) is 22.5. The Hall–Kier alpha value is 1.15. The molecular weight excluding hydrogens is 258 g/mol. The van der Waals surface area contributed by atoms with Gasteiger partial charge in [-0.1, -0.05) is 0 Å². The van der Waals surface area contributed by atoms with Gasteiger partial charge in [-0.2, -0.15) is 0 Å². The van der Waals surface area contributed by atoms with Gasteiger partial charge in [0.05, 0.1) is 34.0 Å². The molecule has 10 heteroatoms. The Morgan fingerprint density at radius 3 is 0.500 bits per heavy atom. The third-order valence-corrected chi connectivity index (χ3v) is 0. The van der Waals surface area contributed by atoms with E-state index >= 15 is 0 Å². The molecule has 0 aromatic heterocycles. The molecule has 0 saturated heterocycles. The van der Waals surface area contributed by atoms with Gasteiger partial charge in [0.15, 0.2) is 0 Å². The van der Waals surface area contributed by atoms with Gasteiger partial charge in [-0.05, 0) is 0 Å². The molecular formula is Cl3FeO6. The molecule has 6 nitrogen and oxygen atoms in total. The predicted molar refractivity (Wildman–Crippen MR) is 0 cm³/mol. The fourth-order valence-electron chi connectivity index (χ4n) is 0. The van der Waals surface area contributed by atoms with Crippen LogP contribution in [0.1, 0.15) is 0 Å². The summed E-state index contributed by atoms with van der Waals surface area (Å²) in [6.07, 6.45) is 0. The van der Waals surface area contributed by atoms with Crippen LogP contribution in [0.3, 0.4) is 0 Å². The van der Waals surface area contributed by atoms with E-state index in [4.69, 9.17) is 28.0 Å². The molecule has 10 heavy (non-hydrogen) atoms. The van der Waals surface area contributed by atoms with Crippen LogP contribution in [0, 0.1) is 34.0 Å². The van der Waals surface area contributed by atoms with Crippen LogP contribution in [0.5, 0.6) is 0 Å². The first-order chi connectivity index (χ1) is 4.24. The summed E-state index contributed by atoms with van der Waals surface area (Å²) in [6.45, 7) is 0. The monoisotopic (exact) mass is 257 g/mol. The van der Waals surface area contributed by atoms with Crippen LogP contribution in [0.2, 0.25) is 0 Å². The SMILES string of the molecule is [Fe+3].[O-][Cl+][O-].[O-][Cl+][O-].[O-][Cl+][O-]. The van der Waals surface area contributed by atoms with Crippen molar-refractivity contribution >= 4 is 0 Å². The van der Waals surface area contributed by atoms with Crippen LogP contribution in [-0.2, 0) is 17.1 Å². The molecule has 0 N–H and O–H groups in total. The summed E-state index contributed by atoms with van der Waals surface area (Å²) >= 11 is -1.25. The van der Waals surface area contributed by atoms with Crippen molar-refractivity contribution in [2.24, 2.45) is 0 Å². The van der Waals surface area contributed by atoms with Crippen LogP contribution in [0.15, 0.2) is 0 Å². The molecule has 0 unspecified atom stereocenters. The normalized spacial score (nSPS) is 5.40. The van der Waals surface area contributed by atoms with E-state index in [1.165, 1.54) is 0 Å². The Kier molecular flexibility index (Phi) is 111. The molecule has 0 rings (SSSR count). The van der Waals surface area contributed by atoms with E-state index in [0.717, 1.165) is 0 Å². The first-order valence-corrected chi connectivity index (χ1v) is 2.78. The van der Waals surface area contributed by atoms with Crippen LogP contribution in [0.4, 0.5) is 0 Å². The van der Waals surface area contributed by atoms with Crippen molar-refractivity contribution in [2.75, 3.05) is 0 Å². The second-order valence-corrected chi connectivity index (χ2v) is 0.567. The molecule has 65 valence electrons. The summed E-state index contributed by atoms with van der Waals surface area (Å²) in [5, 5.41) is 0. The molecule has 1 radical (unpaired) electrons. The van der Waals surface area contributed by atoms with E-state index in [2.05, 4.69) is 0 Å². The summed E-state index contributed by atoms with van der Waals surface area (Å²) in [5.74, 6) is 0.